The zero-order valence-electron chi connectivity index (χ0n) is 8.55. The summed E-state index contributed by atoms with van der Waals surface area (Å²) in [6, 6.07) is 0. The number of carbonyl (C=O) groups excluding carboxylic acids is 1. The summed E-state index contributed by atoms with van der Waals surface area (Å²) < 4.78 is 0. The van der Waals surface area contributed by atoms with Gasteiger partial charge < -0.3 is 16.4 Å². The van der Waals surface area contributed by atoms with E-state index >= 15 is 0 Å². The lowest BCUT2D eigenvalue weighted by Crippen LogP contribution is -2.19. The van der Waals surface area contributed by atoms with Gasteiger partial charge in [0.2, 0.25) is 5.91 Å². The lowest BCUT2D eigenvalue weighted by Gasteiger charge is -1.90. The first-order valence-corrected chi connectivity index (χ1v) is 3.55. The third-order valence-electron chi connectivity index (χ3n) is 0.536. The largest absolute Gasteiger partial charge is 0.353 e. The molecular weight excluding hydrogens is 154 g/mol. The van der Waals surface area contributed by atoms with Crippen LogP contribution in [0, 0.1) is 0 Å². The molecule has 4 N–H and O–H groups in total. The Labute approximate surface area is 75.2 Å². The summed E-state index contributed by atoms with van der Waals surface area (Å²) in [6.45, 7) is 5.80. The predicted octanol–water partition coefficient (Wildman–Crippen LogP) is 0.648. The molecule has 1 amide bonds. The minimum Gasteiger partial charge on any atom is -0.353 e. The Morgan fingerprint density at radius 1 is 1.50 bits per heavy atom. The van der Waals surface area contributed by atoms with Crippen LogP contribution in [0.1, 0.15) is 6.92 Å². The summed E-state index contributed by atoms with van der Waals surface area (Å²) in [6.07, 6.45) is 1.25. The van der Waals surface area contributed by atoms with Gasteiger partial charge in [-0.1, -0.05) is 6.58 Å². The first-order valence-electron chi connectivity index (χ1n) is 3.55. The van der Waals surface area contributed by atoms with Crippen LogP contribution in [-0.4, -0.2) is 38.5 Å². The highest BCUT2D eigenvalue weighted by atomic mass is 16.1. The molecule has 0 atom stereocenters. The van der Waals surface area contributed by atoms with Crippen LogP contribution in [0.2, 0.25) is 0 Å². The highest BCUT2D eigenvalue weighted by molar-refractivity contribution is 5.86. The maximum atomic E-state index is 10.2. The normalized spacial score (nSPS) is 7.42. The summed E-state index contributed by atoms with van der Waals surface area (Å²) in [5, 5.41) is 2.54. The molecule has 0 saturated heterocycles. The van der Waals surface area contributed by atoms with Crippen molar-refractivity contribution in [2.24, 2.45) is 0 Å². The van der Waals surface area contributed by atoms with Gasteiger partial charge in [-0.25, -0.2) is 0 Å². The molecule has 74 valence electrons. The van der Waals surface area contributed by atoms with Crippen LogP contribution in [0.25, 0.3) is 0 Å². The van der Waals surface area contributed by atoms with Gasteiger partial charge in [0, 0.05) is 6.54 Å². The predicted molar refractivity (Wildman–Crippen MR) is 53.5 cm³/mol. The number of amides is 1. The van der Waals surface area contributed by atoms with Gasteiger partial charge in [0.15, 0.2) is 0 Å². The summed E-state index contributed by atoms with van der Waals surface area (Å²) in [5.41, 5.74) is 0. The topological polar surface area (TPSA) is 67.3 Å². The van der Waals surface area contributed by atoms with Gasteiger partial charge >= 0.3 is 0 Å². The number of nitrogens with one attached hydrogen (secondary N) is 1. The molecule has 0 fully saturated rings. The number of carbonyl (C=O) groups is 1. The first-order chi connectivity index (χ1) is 5.04. The monoisotopic (exact) mass is 175 g/mol. The van der Waals surface area contributed by atoms with E-state index in [4.69, 9.17) is 0 Å². The molecule has 0 aliphatic heterocycles. The zero-order valence-corrected chi connectivity index (χ0v) is 8.55. The molecule has 12 heavy (non-hydrogen) atoms. The molecule has 0 radical (unpaired) electrons. The second kappa shape index (κ2) is 12.8. The maximum Gasteiger partial charge on any atom is 0.243 e. The number of hydrogen-bond donors (Lipinski definition) is 2. The van der Waals surface area contributed by atoms with E-state index in [1.165, 1.54) is 6.08 Å². The minimum atomic E-state index is -0.109. The Morgan fingerprint density at radius 2 is 1.83 bits per heavy atom. The summed E-state index contributed by atoms with van der Waals surface area (Å²) >= 11 is 0. The molecule has 4 nitrogen and oxygen atoms in total. The fourth-order valence-corrected chi connectivity index (χ4v) is 0.246. The van der Waals surface area contributed by atoms with Crippen molar-refractivity contribution in [1.82, 2.24) is 16.4 Å². The fourth-order valence-electron chi connectivity index (χ4n) is 0.246. The Morgan fingerprint density at radius 3 is 1.92 bits per heavy atom. The van der Waals surface area contributed by atoms with Crippen LogP contribution in [0.3, 0.4) is 0 Å². The van der Waals surface area contributed by atoms with Crippen LogP contribution in [-0.2, 0) is 4.79 Å². The average molecular weight is 175 g/mol. The van der Waals surface area contributed by atoms with Crippen molar-refractivity contribution in [3.05, 3.63) is 12.7 Å². The maximum absolute atomic E-state index is 10.2. The number of nitrogens with zero attached hydrogens (tertiary/aromatic N) is 1. The standard InChI is InChI=1S/C5H9NO.C3H9N.H3N/c1-3-5(7)6-4-2;1-4(2)3;/h3H,1,4H2,2H3,(H,6,7);1-3H3;1H3. The van der Waals surface area contributed by atoms with Crippen LogP contribution in [0.15, 0.2) is 12.7 Å². The molecule has 0 unspecified atom stereocenters. The lowest BCUT2D eigenvalue weighted by molar-refractivity contribution is -0.116. The van der Waals surface area contributed by atoms with E-state index in [1.807, 2.05) is 33.0 Å². The highest BCUT2D eigenvalue weighted by Crippen LogP contribution is 1.61. The molecule has 0 aromatic rings. The van der Waals surface area contributed by atoms with Crippen molar-refractivity contribution in [1.29, 1.82) is 0 Å². The van der Waals surface area contributed by atoms with Gasteiger partial charge in [0.05, 0.1) is 0 Å². The highest BCUT2D eigenvalue weighted by Gasteiger charge is 1.83. The Hall–Kier alpha value is -0.870. The van der Waals surface area contributed by atoms with E-state index in [1.54, 1.807) is 0 Å². The van der Waals surface area contributed by atoms with E-state index in [0.717, 1.165) is 0 Å². The second-order valence-corrected chi connectivity index (χ2v) is 2.44. The molecular formula is C8H21N3O. The van der Waals surface area contributed by atoms with Crippen molar-refractivity contribution in [3.63, 3.8) is 0 Å². The fraction of sp³-hybridized carbons (Fsp3) is 0.625. The first kappa shape index (κ1) is 17.3. The van der Waals surface area contributed by atoms with E-state index < -0.39 is 0 Å². The zero-order chi connectivity index (χ0) is 9.28. The second-order valence-electron chi connectivity index (χ2n) is 2.44. The molecule has 0 aliphatic carbocycles. The van der Waals surface area contributed by atoms with Crippen LogP contribution in [0.4, 0.5) is 0 Å². The lowest BCUT2D eigenvalue weighted by atomic mass is 10.6. The number of likely N-dealkylation sites (N-methyl/N-ethyl adjacent to an activating group) is 1. The average Bonchev–Trinajstić information content (AvgIpc) is 1.87. The Balaban J connectivity index is -0.000000142. The third kappa shape index (κ3) is 35.4. The molecule has 0 heterocycles. The molecule has 0 aromatic carbocycles. The van der Waals surface area contributed by atoms with Crippen LogP contribution < -0.4 is 11.5 Å². The van der Waals surface area contributed by atoms with Crippen molar-refractivity contribution < 1.29 is 4.79 Å². The molecule has 0 saturated carbocycles. The van der Waals surface area contributed by atoms with Gasteiger partial charge in [-0.2, -0.15) is 0 Å². The molecule has 0 spiro atoms. The van der Waals surface area contributed by atoms with Gasteiger partial charge in [-0.3, -0.25) is 4.79 Å². The van der Waals surface area contributed by atoms with Crippen molar-refractivity contribution in [2.45, 2.75) is 6.92 Å². The van der Waals surface area contributed by atoms with Crippen LogP contribution in [0.5, 0.6) is 0 Å². The van der Waals surface area contributed by atoms with Gasteiger partial charge in [-0.05, 0) is 34.1 Å². The van der Waals surface area contributed by atoms with Crippen LogP contribution >= 0.6 is 0 Å². The van der Waals surface area contributed by atoms with Gasteiger partial charge in [0.25, 0.3) is 0 Å². The Kier molecular flexibility index (Phi) is 18.4. The Bertz CT molecular complexity index is 110. The van der Waals surface area contributed by atoms with E-state index in [9.17, 15) is 4.79 Å². The summed E-state index contributed by atoms with van der Waals surface area (Å²) in [7, 11) is 6.00. The molecule has 0 aromatic heterocycles. The van der Waals surface area contributed by atoms with E-state index in [2.05, 4.69) is 11.9 Å². The third-order valence-corrected chi connectivity index (χ3v) is 0.536. The molecule has 0 aliphatic rings. The molecule has 0 rings (SSSR count). The number of hydrogen-bond acceptors (Lipinski definition) is 3. The van der Waals surface area contributed by atoms with E-state index in [-0.39, 0.29) is 12.1 Å². The summed E-state index contributed by atoms with van der Waals surface area (Å²) in [4.78, 5) is 12.2. The van der Waals surface area contributed by atoms with Gasteiger partial charge in [-0.15, -0.1) is 0 Å². The minimum absolute atomic E-state index is 0. The summed E-state index contributed by atoms with van der Waals surface area (Å²) in [5.74, 6) is -0.109. The number of rotatable bonds is 2. The van der Waals surface area contributed by atoms with Gasteiger partial charge in [0.1, 0.15) is 0 Å². The smallest absolute Gasteiger partial charge is 0.243 e. The van der Waals surface area contributed by atoms with Crippen molar-refractivity contribution in [3.8, 4) is 0 Å². The van der Waals surface area contributed by atoms with E-state index in [0.29, 0.717) is 6.54 Å². The molecule has 0 bridgehead atoms. The SMILES string of the molecule is C=CC(=O)NCC.CN(C)C.N. The van der Waals surface area contributed by atoms with Crippen molar-refractivity contribution >= 4 is 5.91 Å². The molecule has 4 heteroatoms. The quantitative estimate of drug-likeness (QED) is 0.605. The van der Waals surface area contributed by atoms with Crippen molar-refractivity contribution in [2.75, 3.05) is 27.7 Å².